The van der Waals surface area contributed by atoms with Crippen LogP contribution in [0.1, 0.15) is 17.7 Å². The van der Waals surface area contributed by atoms with Crippen molar-refractivity contribution in [2.75, 3.05) is 22.4 Å². The van der Waals surface area contributed by atoms with Gasteiger partial charge >= 0.3 is 0 Å². The number of carbonyl (C=O) groups excluding carboxylic acids is 1. The summed E-state index contributed by atoms with van der Waals surface area (Å²) in [5, 5.41) is 6.77. The summed E-state index contributed by atoms with van der Waals surface area (Å²) >= 11 is 0. The highest BCUT2D eigenvalue weighted by atomic mass is 32.2. The van der Waals surface area contributed by atoms with Gasteiger partial charge in [0.15, 0.2) is 0 Å². The molecule has 0 bridgehead atoms. The maximum atomic E-state index is 13.0. The first-order chi connectivity index (χ1) is 14.3. The molecular weight excluding hydrogens is 402 g/mol. The first kappa shape index (κ1) is 20.1. The van der Waals surface area contributed by atoms with E-state index in [2.05, 4.69) is 19.9 Å². The van der Waals surface area contributed by atoms with Crippen molar-refractivity contribution in [3.63, 3.8) is 0 Å². The van der Waals surface area contributed by atoms with Crippen LogP contribution in [0.5, 0.6) is 0 Å². The zero-order chi connectivity index (χ0) is 21.3. The maximum Gasteiger partial charge on any atom is 0.231 e. The zero-order valence-electron chi connectivity index (χ0n) is 16.8. The molecule has 1 fully saturated rings. The van der Waals surface area contributed by atoms with Crippen LogP contribution >= 0.6 is 0 Å². The van der Waals surface area contributed by atoms with E-state index in [-0.39, 0.29) is 11.8 Å². The molecule has 1 amide bonds. The van der Waals surface area contributed by atoms with Crippen LogP contribution in [0.15, 0.2) is 48.8 Å². The molecule has 1 aromatic carbocycles. The van der Waals surface area contributed by atoms with E-state index in [4.69, 9.17) is 0 Å². The lowest BCUT2D eigenvalue weighted by Crippen LogP contribution is -2.28. The number of nitrogens with zero attached hydrogens (tertiary/aromatic N) is 3. The van der Waals surface area contributed by atoms with Gasteiger partial charge in [-0.3, -0.25) is 19.5 Å². The first-order valence-corrected chi connectivity index (χ1v) is 11.5. The Balaban J connectivity index is 1.48. The maximum absolute atomic E-state index is 13.0. The van der Waals surface area contributed by atoms with Crippen molar-refractivity contribution in [2.24, 2.45) is 5.92 Å². The number of pyridine rings is 1. The van der Waals surface area contributed by atoms with Gasteiger partial charge in [-0.15, -0.1) is 0 Å². The fourth-order valence-corrected chi connectivity index (χ4v) is 4.37. The first-order valence-electron chi connectivity index (χ1n) is 9.65. The van der Waals surface area contributed by atoms with Gasteiger partial charge in [-0.05, 0) is 49.6 Å². The quantitative estimate of drug-likeness (QED) is 0.631. The van der Waals surface area contributed by atoms with Crippen molar-refractivity contribution in [1.82, 2.24) is 15.2 Å². The van der Waals surface area contributed by atoms with Gasteiger partial charge in [-0.1, -0.05) is 12.1 Å². The molecule has 3 heterocycles. The Labute approximate surface area is 175 Å². The highest BCUT2D eigenvalue weighted by molar-refractivity contribution is 7.92. The van der Waals surface area contributed by atoms with Crippen molar-refractivity contribution in [3.8, 4) is 11.1 Å². The molecule has 156 valence electrons. The molecule has 3 aromatic rings. The van der Waals surface area contributed by atoms with E-state index in [1.54, 1.807) is 29.3 Å². The van der Waals surface area contributed by atoms with Crippen molar-refractivity contribution in [3.05, 3.63) is 60.0 Å². The Kier molecular flexibility index (Phi) is 5.29. The minimum Gasteiger partial charge on any atom is -0.297 e. The summed E-state index contributed by atoms with van der Waals surface area (Å²) in [6.07, 6.45) is 5.96. The molecule has 0 saturated carbocycles. The van der Waals surface area contributed by atoms with Crippen molar-refractivity contribution >= 4 is 27.4 Å². The number of aromatic nitrogens is 3. The Morgan fingerprint density at radius 3 is 2.80 bits per heavy atom. The van der Waals surface area contributed by atoms with Crippen LogP contribution < -0.4 is 9.62 Å². The molecular formula is C21H23N5O3S. The summed E-state index contributed by atoms with van der Waals surface area (Å²) in [4.78, 5) is 19.4. The fourth-order valence-electron chi connectivity index (χ4n) is 3.82. The molecule has 0 spiro atoms. The van der Waals surface area contributed by atoms with Crippen LogP contribution in [0.25, 0.3) is 11.1 Å². The number of aromatic amines is 1. The van der Waals surface area contributed by atoms with Crippen molar-refractivity contribution < 1.29 is 13.2 Å². The lowest BCUT2D eigenvalue weighted by Gasteiger charge is -2.17. The molecule has 1 saturated heterocycles. The van der Waals surface area contributed by atoms with Gasteiger partial charge in [0, 0.05) is 41.2 Å². The van der Waals surface area contributed by atoms with E-state index in [0.717, 1.165) is 35.1 Å². The van der Waals surface area contributed by atoms with E-state index in [0.29, 0.717) is 24.5 Å². The molecule has 8 nitrogen and oxygen atoms in total. The minimum atomic E-state index is -3.34. The summed E-state index contributed by atoms with van der Waals surface area (Å²) in [7, 11) is -3.34. The molecule has 1 aliphatic rings. The summed E-state index contributed by atoms with van der Waals surface area (Å²) in [6, 6.07) is 11.0. The highest BCUT2D eigenvalue weighted by Gasteiger charge is 2.33. The third-order valence-electron chi connectivity index (χ3n) is 5.19. The molecule has 4 rings (SSSR count). The van der Waals surface area contributed by atoms with Crippen LogP contribution in [-0.2, 0) is 21.2 Å². The molecule has 2 aromatic heterocycles. The summed E-state index contributed by atoms with van der Waals surface area (Å²) in [6.45, 7) is 2.53. The van der Waals surface area contributed by atoms with Gasteiger partial charge in [-0.2, -0.15) is 5.10 Å². The van der Waals surface area contributed by atoms with Crippen molar-refractivity contribution in [1.29, 1.82) is 0 Å². The van der Waals surface area contributed by atoms with Gasteiger partial charge in [-0.25, -0.2) is 13.4 Å². The van der Waals surface area contributed by atoms with Crippen LogP contribution in [0, 0.1) is 12.8 Å². The zero-order valence-corrected chi connectivity index (χ0v) is 17.6. The van der Waals surface area contributed by atoms with Gasteiger partial charge < -0.3 is 0 Å². The second-order valence-corrected chi connectivity index (χ2v) is 9.29. The summed E-state index contributed by atoms with van der Waals surface area (Å²) in [5.74, 6) is 0.535. The number of hydrogen-bond acceptors (Lipinski definition) is 5. The van der Waals surface area contributed by atoms with Gasteiger partial charge in [0.1, 0.15) is 5.82 Å². The number of anilines is 2. The van der Waals surface area contributed by atoms with E-state index in [9.17, 15) is 13.2 Å². The molecule has 2 N–H and O–H groups in total. The molecule has 1 atom stereocenters. The lowest BCUT2D eigenvalue weighted by atomic mass is 9.98. The summed E-state index contributed by atoms with van der Waals surface area (Å²) in [5.41, 5.74) is 4.20. The van der Waals surface area contributed by atoms with Gasteiger partial charge in [0.2, 0.25) is 15.9 Å². The normalized spacial score (nSPS) is 16.8. The van der Waals surface area contributed by atoms with Gasteiger partial charge in [0.05, 0.1) is 12.5 Å². The number of benzene rings is 1. The molecule has 30 heavy (non-hydrogen) atoms. The Bertz CT molecular complexity index is 1180. The third-order valence-corrected chi connectivity index (χ3v) is 5.79. The van der Waals surface area contributed by atoms with Crippen LogP contribution in [0.3, 0.4) is 0 Å². The second kappa shape index (κ2) is 7.91. The number of aryl methyl sites for hydroxylation is 1. The fraction of sp³-hybridized carbons (Fsp3) is 0.286. The number of H-pyrrole nitrogens is 1. The molecule has 0 aliphatic carbocycles. The second-order valence-electron chi connectivity index (χ2n) is 7.54. The third kappa shape index (κ3) is 4.35. The monoisotopic (exact) mass is 425 g/mol. The Hall–Kier alpha value is -3.20. The van der Waals surface area contributed by atoms with E-state index >= 15 is 0 Å². The Morgan fingerprint density at radius 2 is 2.10 bits per heavy atom. The molecule has 1 aliphatic heterocycles. The summed E-state index contributed by atoms with van der Waals surface area (Å²) < 4.78 is 25.4. The van der Waals surface area contributed by atoms with Crippen LogP contribution in [0.2, 0.25) is 0 Å². The van der Waals surface area contributed by atoms with E-state index in [1.807, 2.05) is 31.3 Å². The molecule has 9 heteroatoms. The predicted molar refractivity (Wildman–Crippen MR) is 116 cm³/mol. The topological polar surface area (TPSA) is 108 Å². The lowest BCUT2D eigenvalue weighted by molar-refractivity contribution is -0.120. The van der Waals surface area contributed by atoms with Crippen LogP contribution in [0.4, 0.5) is 11.5 Å². The number of sulfonamides is 1. The number of hydrogen-bond donors (Lipinski definition) is 2. The van der Waals surface area contributed by atoms with E-state index in [1.165, 1.54) is 0 Å². The Morgan fingerprint density at radius 1 is 1.27 bits per heavy atom. The predicted octanol–water partition coefficient (Wildman–Crippen LogP) is 2.75. The highest BCUT2D eigenvalue weighted by Crippen LogP contribution is 2.29. The average molecular weight is 426 g/mol. The standard InChI is InChI=1S/C21H23N5O3S/c1-14-19(17-12-22-23-13-17)6-7-20(24-14)26-9-8-16(21(26)27)10-15-4-3-5-18(11-15)25-30(2,28)29/h3-7,11-13,16,25H,8-10H2,1-2H3,(H,22,23). The number of rotatable bonds is 6. The average Bonchev–Trinajstić information content (AvgIpc) is 3.31. The molecule has 0 radical (unpaired) electrons. The van der Waals surface area contributed by atoms with Crippen molar-refractivity contribution in [2.45, 2.75) is 19.8 Å². The smallest absolute Gasteiger partial charge is 0.231 e. The number of nitrogens with one attached hydrogen (secondary N) is 2. The van der Waals surface area contributed by atoms with Crippen LogP contribution in [-0.4, -0.2) is 42.3 Å². The largest absolute Gasteiger partial charge is 0.297 e. The van der Waals surface area contributed by atoms with Gasteiger partial charge in [0.25, 0.3) is 0 Å². The molecule has 1 unspecified atom stereocenters. The van der Waals surface area contributed by atoms with E-state index < -0.39 is 10.0 Å². The number of amides is 1. The SMILES string of the molecule is Cc1nc(N2CCC(Cc3cccc(NS(C)(=O)=O)c3)C2=O)ccc1-c1cn[nH]c1. The minimum absolute atomic E-state index is 0.0411. The number of carbonyl (C=O) groups is 1.